The zero-order chi connectivity index (χ0) is 11.0. The van der Waals surface area contributed by atoms with Gasteiger partial charge in [0.15, 0.2) is 0 Å². The second-order valence-corrected chi connectivity index (χ2v) is 4.56. The number of rotatable bonds is 2. The van der Waals surface area contributed by atoms with E-state index < -0.39 is 0 Å². The molecule has 1 N–H and O–H groups in total. The molecule has 0 aliphatic carbocycles. The van der Waals surface area contributed by atoms with Crippen LogP contribution in [0.25, 0.3) is 0 Å². The summed E-state index contributed by atoms with van der Waals surface area (Å²) in [6.07, 6.45) is 1.18. The van der Waals surface area contributed by atoms with Gasteiger partial charge in [0.1, 0.15) is 0 Å². The van der Waals surface area contributed by atoms with E-state index in [9.17, 15) is 0 Å². The van der Waals surface area contributed by atoms with Crippen LogP contribution in [0.2, 0.25) is 0 Å². The Kier molecular flexibility index (Phi) is 2.70. The summed E-state index contributed by atoms with van der Waals surface area (Å²) in [6, 6.07) is 7.91. The summed E-state index contributed by atoms with van der Waals surface area (Å²) in [6.45, 7) is 4.48. The van der Waals surface area contributed by atoms with Crippen LogP contribution in [0, 0.1) is 0 Å². The SMILES string of the molecule is CNC(C)c1ccc2c(c1)CC(C)N2C. The maximum absolute atomic E-state index is 3.28. The van der Waals surface area contributed by atoms with E-state index >= 15 is 0 Å². The van der Waals surface area contributed by atoms with E-state index in [4.69, 9.17) is 0 Å². The van der Waals surface area contributed by atoms with Gasteiger partial charge < -0.3 is 10.2 Å². The zero-order valence-corrected chi connectivity index (χ0v) is 10.0. The predicted molar refractivity (Wildman–Crippen MR) is 65.5 cm³/mol. The Labute approximate surface area is 92.3 Å². The quantitative estimate of drug-likeness (QED) is 0.795. The van der Waals surface area contributed by atoms with Crippen LogP contribution in [0.5, 0.6) is 0 Å². The number of likely N-dealkylation sites (N-methyl/N-ethyl adjacent to an activating group) is 1. The minimum atomic E-state index is 0.441. The number of nitrogens with zero attached hydrogens (tertiary/aromatic N) is 1. The summed E-state index contributed by atoms with van der Waals surface area (Å²) < 4.78 is 0. The number of anilines is 1. The highest BCUT2D eigenvalue weighted by Gasteiger charge is 2.22. The van der Waals surface area contributed by atoms with Crippen molar-refractivity contribution in [3.8, 4) is 0 Å². The van der Waals surface area contributed by atoms with Crippen molar-refractivity contribution in [3.05, 3.63) is 29.3 Å². The van der Waals surface area contributed by atoms with Gasteiger partial charge in [-0.05, 0) is 44.5 Å². The Morgan fingerprint density at radius 2 is 2.20 bits per heavy atom. The third kappa shape index (κ3) is 1.74. The fourth-order valence-corrected chi connectivity index (χ4v) is 2.24. The molecule has 82 valence electrons. The van der Waals surface area contributed by atoms with Gasteiger partial charge in [0.05, 0.1) is 0 Å². The van der Waals surface area contributed by atoms with Crippen molar-refractivity contribution in [1.82, 2.24) is 5.32 Å². The molecule has 1 heterocycles. The maximum atomic E-state index is 3.28. The number of hydrogen-bond donors (Lipinski definition) is 1. The van der Waals surface area contributed by atoms with Crippen LogP contribution in [0.4, 0.5) is 5.69 Å². The van der Waals surface area contributed by atoms with Gasteiger partial charge >= 0.3 is 0 Å². The second-order valence-electron chi connectivity index (χ2n) is 4.56. The van der Waals surface area contributed by atoms with Crippen LogP contribution in [-0.4, -0.2) is 20.1 Å². The van der Waals surface area contributed by atoms with Gasteiger partial charge in [0.2, 0.25) is 0 Å². The summed E-state index contributed by atoms with van der Waals surface area (Å²) in [5, 5.41) is 3.28. The molecule has 15 heavy (non-hydrogen) atoms. The first kappa shape index (κ1) is 10.5. The van der Waals surface area contributed by atoms with Crippen molar-refractivity contribution in [2.45, 2.75) is 32.4 Å². The summed E-state index contributed by atoms with van der Waals surface area (Å²) in [4.78, 5) is 2.36. The summed E-state index contributed by atoms with van der Waals surface area (Å²) >= 11 is 0. The molecule has 2 heteroatoms. The molecule has 2 atom stereocenters. The molecule has 2 rings (SSSR count). The second kappa shape index (κ2) is 3.86. The lowest BCUT2D eigenvalue weighted by Crippen LogP contribution is -2.23. The molecule has 1 aliphatic heterocycles. The lowest BCUT2D eigenvalue weighted by atomic mass is 10.0. The van der Waals surface area contributed by atoms with E-state index in [2.05, 4.69) is 49.3 Å². The summed E-state index contributed by atoms with van der Waals surface area (Å²) in [5.74, 6) is 0. The van der Waals surface area contributed by atoms with Crippen molar-refractivity contribution in [2.24, 2.45) is 0 Å². The lowest BCUT2D eigenvalue weighted by molar-refractivity contribution is 0.651. The van der Waals surface area contributed by atoms with Crippen molar-refractivity contribution in [1.29, 1.82) is 0 Å². The summed E-state index contributed by atoms with van der Waals surface area (Å²) in [7, 11) is 4.18. The van der Waals surface area contributed by atoms with Crippen LogP contribution in [0.3, 0.4) is 0 Å². The van der Waals surface area contributed by atoms with E-state index in [-0.39, 0.29) is 0 Å². The van der Waals surface area contributed by atoms with Crippen LogP contribution in [0.1, 0.15) is 31.0 Å². The predicted octanol–water partition coefficient (Wildman–Crippen LogP) is 2.35. The highest BCUT2D eigenvalue weighted by atomic mass is 15.1. The first-order chi connectivity index (χ1) is 7.13. The molecule has 2 unspecified atom stereocenters. The highest BCUT2D eigenvalue weighted by Crippen LogP contribution is 2.32. The van der Waals surface area contributed by atoms with Crippen molar-refractivity contribution in [3.63, 3.8) is 0 Å². The molecular weight excluding hydrogens is 184 g/mol. The largest absolute Gasteiger partial charge is 0.371 e. The Balaban J connectivity index is 2.33. The fourth-order valence-electron chi connectivity index (χ4n) is 2.24. The smallest absolute Gasteiger partial charge is 0.0399 e. The molecule has 0 spiro atoms. The molecule has 1 aromatic carbocycles. The Hall–Kier alpha value is -1.02. The van der Waals surface area contributed by atoms with Gasteiger partial charge in [-0.1, -0.05) is 12.1 Å². The molecule has 0 amide bonds. The Morgan fingerprint density at radius 3 is 2.87 bits per heavy atom. The van der Waals surface area contributed by atoms with Gasteiger partial charge in [-0.15, -0.1) is 0 Å². The van der Waals surface area contributed by atoms with Crippen LogP contribution in [0.15, 0.2) is 18.2 Å². The maximum Gasteiger partial charge on any atom is 0.0399 e. The van der Waals surface area contributed by atoms with Gasteiger partial charge in [0.25, 0.3) is 0 Å². The first-order valence-corrected chi connectivity index (χ1v) is 5.66. The van der Waals surface area contributed by atoms with Crippen LogP contribution < -0.4 is 10.2 Å². The molecule has 1 aromatic rings. The van der Waals surface area contributed by atoms with Crippen LogP contribution in [-0.2, 0) is 6.42 Å². The normalized spacial score (nSPS) is 21.6. The lowest BCUT2D eigenvalue weighted by Gasteiger charge is -2.18. The number of benzene rings is 1. The standard InChI is InChI=1S/C13H20N2/c1-9-7-12-8-11(10(2)14-3)5-6-13(12)15(9)4/h5-6,8-10,14H,7H2,1-4H3. The van der Waals surface area contributed by atoms with E-state index in [1.54, 1.807) is 0 Å². The molecule has 2 nitrogen and oxygen atoms in total. The molecule has 1 aliphatic rings. The first-order valence-electron chi connectivity index (χ1n) is 5.66. The third-order valence-corrected chi connectivity index (χ3v) is 3.59. The van der Waals surface area contributed by atoms with E-state index in [1.807, 2.05) is 7.05 Å². The molecular formula is C13H20N2. The fraction of sp³-hybridized carbons (Fsp3) is 0.538. The number of fused-ring (bicyclic) bond motifs is 1. The third-order valence-electron chi connectivity index (χ3n) is 3.59. The molecule has 0 bridgehead atoms. The Morgan fingerprint density at radius 1 is 1.47 bits per heavy atom. The Bertz CT molecular complexity index is 360. The average Bonchev–Trinajstić information content (AvgIpc) is 2.53. The monoisotopic (exact) mass is 204 g/mol. The van der Waals surface area contributed by atoms with E-state index in [1.165, 1.54) is 23.2 Å². The minimum Gasteiger partial charge on any atom is -0.371 e. The number of nitrogens with one attached hydrogen (secondary N) is 1. The zero-order valence-electron chi connectivity index (χ0n) is 10.0. The topological polar surface area (TPSA) is 15.3 Å². The van der Waals surface area contributed by atoms with Gasteiger partial charge in [-0.3, -0.25) is 0 Å². The molecule has 0 saturated carbocycles. The molecule has 0 aromatic heterocycles. The van der Waals surface area contributed by atoms with E-state index in [0.29, 0.717) is 12.1 Å². The van der Waals surface area contributed by atoms with Crippen molar-refractivity contribution in [2.75, 3.05) is 19.0 Å². The minimum absolute atomic E-state index is 0.441. The van der Waals surface area contributed by atoms with E-state index in [0.717, 1.165) is 0 Å². The van der Waals surface area contributed by atoms with Crippen molar-refractivity contribution >= 4 is 5.69 Å². The summed E-state index contributed by atoms with van der Waals surface area (Å²) in [5.41, 5.74) is 4.28. The molecule has 0 fully saturated rings. The molecule has 0 saturated heterocycles. The highest BCUT2D eigenvalue weighted by molar-refractivity contribution is 5.60. The van der Waals surface area contributed by atoms with Gasteiger partial charge in [0, 0.05) is 24.8 Å². The average molecular weight is 204 g/mol. The van der Waals surface area contributed by atoms with Gasteiger partial charge in [-0.2, -0.15) is 0 Å². The van der Waals surface area contributed by atoms with Gasteiger partial charge in [-0.25, -0.2) is 0 Å². The van der Waals surface area contributed by atoms with Crippen LogP contribution >= 0.6 is 0 Å². The van der Waals surface area contributed by atoms with Crippen molar-refractivity contribution < 1.29 is 0 Å². The number of hydrogen-bond acceptors (Lipinski definition) is 2. The molecule has 0 radical (unpaired) electrons.